The maximum absolute atomic E-state index is 12.8. The predicted octanol–water partition coefficient (Wildman–Crippen LogP) is 4.33. The molecule has 0 atom stereocenters. The molecule has 1 aliphatic heterocycles. The van der Waals surface area contributed by atoms with Crippen LogP contribution in [0.25, 0.3) is 0 Å². The van der Waals surface area contributed by atoms with Gasteiger partial charge in [-0.25, -0.2) is 8.42 Å². The Morgan fingerprint density at radius 2 is 1.54 bits per heavy atom. The first-order valence-corrected chi connectivity index (χ1v) is 14.4. The minimum atomic E-state index is -3.65. The average molecular weight is 497 g/mol. The maximum Gasteiger partial charge on any atom is 0.245 e. The van der Waals surface area contributed by atoms with Gasteiger partial charge in [0.25, 0.3) is 0 Å². The summed E-state index contributed by atoms with van der Waals surface area (Å²) >= 11 is 0. The van der Waals surface area contributed by atoms with E-state index in [9.17, 15) is 13.2 Å². The SMILES string of the molecule is CS(=O)(=O)N(CC(=O)Nc1ccc2c(c1)OCCO2)c1ccc(C23CC4CC(CC(C4)C2)C3)cc1. The molecule has 0 unspecified atom stereocenters. The van der Waals surface area contributed by atoms with Crippen molar-refractivity contribution in [2.75, 3.05) is 35.6 Å². The Labute approximate surface area is 206 Å². The molecule has 2 aromatic carbocycles. The Balaban J connectivity index is 1.19. The van der Waals surface area contributed by atoms with Gasteiger partial charge >= 0.3 is 0 Å². The van der Waals surface area contributed by atoms with Crippen molar-refractivity contribution in [3.63, 3.8) is 0 Å². The van der Waals surface area contributed by atoms with Gasteiger partial charge in [-0.3, -0.25) is 9.10 Å². The van der Waals surface area contributed by atoms with Crippen molar-refractivity contribution in [3.05, 3.63) is 48.0 Å². The summed E-state index contributed by atoms with van der Waals surface area (Å²) < 4.78 is 37.5. The van der Waals surface area contributed by atoms with Crippen LogP contribution >= 0.6 is 0 Å². The van der Waals surface area contributed by atoms with E-state index in [2.05, 4.69) is 17.4 Å². The lowest BCUT2D eigenvalue weighted by atomic mass is 9.48. The Hall–Kier alpha value is -2.74. The summed E-state index contributed by atoms with van der Waals surface area (Å²) in [5.74, 6) is 3.31. The summed E-state index contributed by atoms with van der Waals surface area (Å²) in [4.78, 5) is 12.8. The van der Waals surface area contributed by atoms with Gasteiger partial charge in [-0.05, 0) is 91.5 Å². The van der Waals surface area contributed by atoms with E-state index in [1.54, 1.807) is 18.2 Å². The number of nitrogens with one attached hydrogen (secondary N) is 1. The molecule has 7 rings (SSSR count). The molecule has 1 N–H and O–H groups in total. The molecule has 4 saturated carbocycles. The summed E-state index contributed by atoms with van der Waals surface area (Å²) in [5.41, 5.74) is 2.62. The molecular formula is C27H32N2O5S. The van der Waals surface area contributed by atoms with Crippen LogP contribution in [0, 0.1) is 17.8 Å². The molecule has 7 nitrogen and oxygen atoms in total. The largest absolute Gasteiger partial charge is 0.486 e. The molecule has 0 radical (unpaired) electrons. The van der Waals surface area contributed by atoms with Crippen LogP contribution in [-0.2, 0) is 20.2 Å². The smallest absolute Gasteiger partial charge is 0.245 e. The molecule has 4 bridgehead atoms. The van der Waals surface area contributed by atoms with Crippen molar-refractivity contribution >= 4 is 27.3 Å². The van der Waals surface area contributed by atoms with E-state index < -0.39 is 15.9 Å². The van der Waals surface area contributed by atoms with Crippen LogP contribution in [0.4, 0.5) is 11.4 Å². The Morgan fingerprint density at radius 3 is 2.14 bits per heavy atom. The Morgan fingerprint density at radius 1 is 0.943 bits per heavy atom. The van der Waals surface area contributed by atoms with Gasteiger partial charge in [0.15, 0.2) is 11.5 Å². The average Bonchev–Trinajstić information content (AvgIpc) is 2.81. The molecule has 186 valence electrons. The van der Waals surface area contributed by atoms with Gasteiger partial charge in [-0.1, -0.05) is 12.1 Å². The van der Waals surface area contributed by atoms with E-state index in [0.29, 0.717) is 36.1 Å². The standard InChI is InChI=1S/C27H32N2O5S/c1-35(31,32)29(17-26(30)28-22-4-7-24-25(13-22)34-9-8-33-24)23-5-2-21(3-6-23)27-14-18-10-19(15-27)12-20(11-18)16-27/h2-7,13,18-20H,8-12,14-17H2,1H3,(H,28,30). The molecule has 2 aromatic rings. The lowest BCUT2D eigenvalue weighted by molar-refractivity contribution is -0.114. The topological polar surface area (TPSA) is 84.9 Å². The molecule has 1 amide bonds. The number of carbonyl (C=O) groups excluding carboxylic acids is 1. The number of anilines is 2. The fourth-order valence-electron chi connectivity index (χ4n) is 7.30. The number of rotatable bonds is 6. The second kappa shape index (κ2) is 8.43. The zero-order chi connectivity index (χ0) is 24.2. The predicted molar refractivity (Wildman–Crippen MR) is 135 cm³/mol. The van der Waals surface area contributed by atoms with Crippen molar-refractivity contribution in [1.82, 2.24) is 0 Å². The number of ether oxygens (including phenoxy) is 2. The number of hydrogen-bond acceptors (Lipinski definition) is 5. The van der Waals surface area contributed by atoms with Gasteiger partial charge in [0.1, 0.15) is 19.8 Å². The molecular weight excluding hydrogens is 464 g/mol. The summed E-state index contributed by atoms with van der Waals surface area (Å²) in [6.07, 6.45) is 9.06. The van der Waals surface area contributed by atoms with Crippen LogP contribution < -0.4 is 19.1 Å². The highest BCUT2D eigenvalue weighted by molar-refractivity contribution is 7.92. The van der Waals surface area contributed by atoms with Crippen molar-refractivity contribution in [3.8, 4) is 11.5 Å². The van der Waals surface area contributed by atoms with Crippen molar-refractivity contribution in [1.29, 1.82) is 0 Å². The van der Waals surface area contributed by atoms with E-state index in [-0.39, 0.29) is 12.0 Å². The first-order chi connectivity index (χ1) is 16.8. The van der Waals surface area contributed by atoms with Gasteiger partial charge in [0.2, 0.25) is 15.9 Å². The normalized spacial score (nSPS) is 28.5. The van der Waals surface area contributed by atoms with Crippen molar-refractivity contribution < 1.29 is 22.7 Å². The Kier molecular flexibility index (Phi) is 5.47. The van der Waals surface area contributed by atoms with Gasteiger partial charge in [0, 0.05) is 11.8 Å². The van der Waals surface area contributed by atoms with Crippen LogP contribution in [0.3, 0.4) is 0 Å². The van der Waals surface area contributed by atoms with Crippen LogP contribution in [0.15, 0.2) is 42.5 Å². The first-order valence-electron chi connectivity index (χ1n) is 12.6. The van der Waals surface area contributed by atoms with Gasteiger partial charge in [0.05, 0.1) is 11.9 Å². The van der Waals surface area contributed by atoms with E-state index in [0.717, 1.165) is 24.0 Å². The quantitative estimate of drug-likeness (QED) is 0.644. The lowest BCUT2D eigenvalue weighted by Gasteiger charge is -2.57. The minimum Gasteiger partial charge on any atom is -0.486 e. The number of fused-ring (bicyclic) bond motifs is 1. The maximum atomic E-state index is 12.8. The van der Waals surface area contributed by atoms with Crippen molar-refractivity contribution in [2.45, 2.75) is 43.9 Å². The van der Waals surface area contributed by atoms with Crippen molar-refractivity contribution in [2.24, 2.45) is 17.8 Å². The zero-order valence-electron chi connectivity index (χ0n) is 20.0. The first kappa shape index (κ1) is 22.7. The highest BCUT2D eigenvalue weighted by Crippen LogP contribution is 2.60. The van der Waals surface area contributed by atoms with Crippen LogP contribution in [0.5, 0.6) is 11.5 Å². The summed E-state index contributed by atoms with van der Waals surface area (Å²) in [6.45, 7) is 0.638. The highest BCUT2D eigenvalue weighted by atomic mass is 32.2. The molecule has 35 heavy (non-hydrogen) atoms. The van der Waals surface area contributed by atoms with Gasteiger partial charge in [-0.2, -0.15) is 0 Å². The monoisotopic (exact) mass is 496 g/mol. The fourth-order valence-corrected chi connectivity index (χ4v) is 8.15. The minimum absolute atomic E-state index is 0.249. The molecule has 1 heterocycles. The molecule has 0 aromatic heterocycles. The van der Waals surface area contributed by atoms with E-state index in [4.69, 9.17) is 9.47 Å². The van der Waals surface area contributed by atoms with E-state index in [1.807, 2.05) is 12.1 Å². The third kappa shape index (κ3) is 4.37. The summed E-state index contributed by atoms with van der Waals surface area (Å²) in [6, 6.07) is 13.1. The number of nitrogens with zero attached hydrogens (tertiary/aromatic N) is 1. The Bertz CT molecular complexity index is 1210. The number of amides is 1. The fraction of sp³-hybridized carbons (Fsp3) is 0.519. The summed E-state index contributed by atoms with van der Waals surface area (Å²) in [7, 11) is -3.65. The number of benzene rings is 2. The van der Waals surface area contributed by atoms with Gasteiger partial charge in [-0.15, -0.1) is 0 Å². The third-order valence-corrected chi connectivity index (χ3v) is 9.46. The highest BCUT2D eigenvalue weighted by Gasteiger charge is 2.51. The molecule has 4 fully saturated rings. The second-order valence-electron chi connectivity index (χ2n) is 10.9. The number of hydrogen-bond donors (Lipinski definition) is 1. The molecule has 5 aliphatic rings. The second-order valence-corrected chi connectivity index (χ2v) is 12.8. The number of carbonyl (C=O) groups is 1. The van der Waals surface area contributed by atoms with Crippen LogP contribution in [0.1, 0.15) is 44.1 Å². The van der Waals surface area contributed by atoms with Crippen LogP contribution in [0.2, 0.25) is 0 Å². The van der Waals surface area contributed by atoms with Crippen LogP contribution in [-0.4, -0.2) is 40.3 Å². The number of sulfonamides is 1. The third-order valence-electron chi connectivity index (χ3n) is 8.32. The summed E-state index contributed by atoms with van der Waals surface area (Å²) in [5, 5.41) is 2.78. The molecule has 4 aliphatic carbocycles. The van der Waals surface area contributed by atoms with E-state index in [1.165, 1.54) is 48.4 Å². The van der Waals surface area contributed by atoms with Gasteiger partial charge < -0.3 is 14.8 Å². The molecule has 0 spiro atoms. The zero-order valence-corrected chi connectivity index (χ0v) is 20.9. The van der Waals surface area contributed by atoms with E-state index >= 15 is 0 Å². The lowest BCUT2D eigenvalue weighted by Crippen LogP contribution is -2.48. The molecule has 0 saturated heterocycles. The molecule has 8 heteroatoms.